The van der Waals surface area contributed by atoms with Crippen LogP contribution < -0.4 is 0 Å². The Hall–Kier alpha value is -1.79. The van der Waals surface area contributed by atoms with E-state index < -0.39 is 0 Å². The van der Waals surface area contributed by atoms with E-state index >= 15 is 0 Å². The molecule has 1 aromatic heterocycles. The van der Waals surface area contributed by atoms with Gasteiger partial charge in [0.15, 0.2) is 0 Å². The van der Waals surface area contributed by atoms with Gasteiger partial charge in [0.25, 0.3) is 0 Å². The van der Waals surface area contributed by atoms with Crippen LogP contribution in [-0.4, -0.2) is 17.8 Å². The highest BCUT2D eigenvalue weighted by molar-refractivity contribution is 5.85. The average molecular weight is 266 g/mol. The summed E-state index contributed by atoms with van der Waals surface area (Å²) in [5.41, 5.74) is 2.24. The molecule has 102 valence electrons. The lowest BCUT2D eigenvalue weighted by Gasteiger charge is -2.56. The van der Waals surface area contributed by atoms with E-state index in [2.05, 4.69) is 48.1 Å². The summed E-state index contributed by atoms with van der Waals surface area (Å²) in [5.74, 6) is 0. The van der Waals surface area contributed by atoms with Gasteiger partial charge in [-0.1, -0.05) is 24.6 Å². The predicted octanol–water partition coefficient (Wildman–Crippen LogP) is 3.14. The molecule has 3 heteroatoms. The Morgan fingerprint density at radius 2 is 2.00 bits per heavy atom. The number of hydrogen-bond acceptors (Lipinski definition) is 2. The Labute approximate surface area is 118 Å². The summed E-state index contributed by atoms with van der Waals surface area (Å²) in [5, 5.41) is 11.0. The van der Waals surface area contributed by atoms with Crippen molar-refractivity contribution >= 4 is 10.9 Å². The van der Waals surface area contributed by atoms with Gasteiger partial charge in [-0.05, 0) is 24.5 Å². The van der Waals surface area contributed by atoms with E-state index in [4.69, 9.17) is 4.74 Å². The van der Waals surface area contributed by atoms with Gasteiger partial charge < -0.3 is 9.30 Å². The smallest absolute Gasteiger partial charge is 0.0715 e. The predicted molar refractivity (Wildman–Crippen MR) is 77.3 cm³/mol. The van der Waals surface area contributed by atoms with Crippen molar-refractivity contribution in [1.82, 2.24) is 4.57 Å². The number of para-hydroxylation sites is 1. The number of aromatic nitrogens is 1. The molecule has 2 aliphatic rings. The molecule has 0 atom stereocenters. The van der Waals surface area contributed by atoms with Crippen molar-refractivity contribution in [2.24, 2.45) is 12.5 Å². The standard InChI is InChI=1S/C17H18N2O/c1-19-9-14(13-5-2-3-6-15(13)19)17(11-20-12-17)16(10-18)7-4-8-16/h2-3,5-6,9H,4,7-8,11-12H2,1H3. The molecule has 2 heterocycles. The third kappa shape index (κ3) is 1.23. The van der Waals surface area contributed by atoms with Crippen molar-refractivity contribution in [3.05, 3.63) is 36.0 Å². The lowest BCUT2D eigenvalue weighted by atomic mass is 9.50. The number of aryl methyl sites for hydroxylation is 1. The first kappa shape index (κ1) is 12.0. The van der Waals surface area contributed by atoms with Crippen LogP contribution in [0.4, 0.5) is 0 Å². The van der Waals surface area contributed by atoms with Crippen LogP contribution in [0.5, 0.6) is 0 Å². The first-order valence-corrected chi connectivity index (χ1v) is 7.26. The van der Waals surface area contributed by atoms with Gasteiger partial charge in [-0.15, -0.1) is 0 Å². The summed E-state index contributed by atoms with van der Waals surface area (Å²) < 4.78 is 7.75. The van der Waals surface area contributed by atoms with E-state index in [0.717, 1.165) is 12.8 Å². The van der Waals surface area contributed by atoms with Crippen molar-refractivity contribution in [2.45, 2.75) is 24.7 Å². The number of nitrogens with zero attached hydrogens (tertiary/aromatic N) is 2. The minimum atomic E-state index is -0.213. The maximum atomic E-state index is 9.76. The van der Waals surface area contributed by atoms with Gasteiger partial charge in [-0.25, -0.2) is 0 Å². The second kappa shape index (κ2) is 3.86. The first-order valence-electron chi connectivity index (χ1n) is 7.26. The largest absolute Gasteiger partial charge is 0.379 e. The van der Waals surface area contributed by atoms with Crippen molar-refractivity contribution in [1.29, 1.82) is 5.26 Å². The molecule has 20 heavy (non-hydrogen) atoms. The summed E-state index contributed by atoms with van der Waals surface area (Å²) >= 11 is 0. The van der Waals surface area contributed by atoms with Crippen LogP contribution in [0.3, 0.4) is 0 Å². The lowest BCUT2D eigenvalue weighted by molar-refractivity contribution is -0.134. The molecule has 2 aromatic rings. The highest BCUT2D eigenvalue weighted by atomic mass is 16.5. The number of hydrogen-bond donors (Lipinski definition) is 0. The van der Waals surface area contributed by atoms with Gasteiger partial charge in [0, 0.05) is 24.1 Å². The molecule has 0 bridgehead atoms. The fourth-order valence-corrected chi connectivity index (χ4v) is 3.95. The molecule has 3 nitrogen and oxygen atoms in total. The Balaban J connectivity index is 1.95. The fourth-order valence-electron chi connectivity index (χ4n) is 3.95. The van der Waals surface area contributed by atoms with Crippen LogP contribution in [0, 0.1) is 16.7 Å². The molecule has 4 rings (SSSR count). The van der Waals surface area contributed by atoms with E-state index in [1.54, 1.807) is 0 Å². The SMILES string of the molecule is Cn1cc(C2(C3(C#N)CCC3)COC2)c2ccccc21. The Kier molecular flexibility index (Phi) is 2.32. The third-order valence-electron chi connectivity index (χ3n) is 5.45. The maximum absolute atomic E-state index is 9.76. The molecule has 1 saturated carbocycles. The molecule has 0 amide bonds. The van der Waals surface area contributed by atoms with Crippen LogP contribution in [0.15, 0.2) is 30.5 Å². The molecule has 0 N–H and O–H groups in total. The maximum Gasteiger partial charge on any atom is 0.0715 e. The number of ether oxygens (including phenoxy) is 1. The Bertz CT molecular complexity index is 714. The van der Waals surface area contributed by atoms with Gasteiger partial charge in [0.1, 0.15) is 0 Å². The number of fused-ring (bicyclic) bond motifs is 1. The second-order valence-corrected chi connectivity index (χ2v) is 6.29. The van der Waals surface area contributed by atoms with Gasteiger partial charge in [0.2, 0.25) is 0 Å². The van der Waals surface area contributed by atoms with Crippen molar-refractivity contribution in [2.75, 3.05) is 13.2 Å². The molecule has 1 aliphatic carbocycles. The van der Waals surface area contributed by atoms with Crippen molar-refractivity contribution in [3.8, 4) is 6.07 Å². The van der Waals surface area contributed by atoms with E-state index in [-0.39, 0.29) is 10.8 Å². The third-order valence-corrected chi connectivity index (χ3v) is 5.45. The minimum absolute atomic E-state index is 0.0964. The van der Waals surface area contributed by atoms with Gasteiger partial charge in [0.05, 0.1) is 30.1 Å². The normalized spacial score (nSPS) is 22.8. The molecular formula is C17H18N2O. The molecule has 0 radical (unpaired) electrons. The quantitative estimate of drug-likeness (QED) is 0.837. The zero-order valence-corrected chi connectivity index (χ0v) is 11.7. The van der Waals surface area contributed by atoms with E-state index in [9.17, 15) is 5.26 Å². The fraction of sp³-hybridized carbons (Fsp3) is 0.471. The Morgan fingerprint density at radius 3 is 2.55 bits per heavy atom. The van der Waals surface area contributed by atoms with E-state index in [0.29, 0.717) is 13.2 Å². The van der Waals surface area contributed by atoms with E-state index in [1.165, 1.54) is 22.9 Å². The number of nitriles is 1. The van der Waals surface area contributed by atoms with Crippen LogP contribution in [0.2, 0.25) is 0 Å². The zero-order chi connectivity index (χ0) is 13.8. The first-order chi connectivity index (χ1) is 9.72. The van der Waals surface area contributed by atoms with Crippen molar-refractivity contribution in [3.63, 3.8) is 0 Å². The van der Waals surface area contributed by atoms with Crippen molar-refractivity contribution < 1.29 is 4.74 Å². The van der Waals surface area contributed by atoms with Gasteiger partial charge in [-0.2, -0.15) is 5.26 Å². The number of benzene rings is 1. The summed E-state index contributed by atoms with van der Waals surface area (Å²) in [6.45, 7) is 1.38. The van der Waals surface area contributed by atoms with E-state index in [1.807, 2.05) is 0 Å². The zero-order valence-electron chi connectivity index (χ0n) is 11.7. The summed E-state index contributed by atoms with van der Waals surface area (Å²) in [7, 11) is 2.08. The van der Waals surface area contributed by atoms with Crippen LogP contribution >= 0.6 is 0 Å². The molecule has 1 saturated heterocycles. The highest BCUT2D eigenvalue weighted by Gasteiger charge is 2.61. The summed E-state index contributed by atoms with van der Waals surface area (Å²) in [4.78, 5) is 0. The lowest BCUT2D eigenvalue weighted by Crippen LogP contribution is -2.61. The number of rotatable bonds is 2. The van der Waals surface area contributed by atoms with Crippen LogP contribution in [0.1, 0.15) is 24.8 Å². The average Bonchev–Trinajstić information content (AvgIpc) is 2.70. The molecule has 2 fully saturated rings. The molecular weight excluding hydrogens is 248 g/mol. The van der Waals surface area contributed by atoms with Crippen LogP contribution in [0.25, 0.3) is 10.9 Å². The highest BCUT2D eigenvalue weighted by Crippen LogP contribution is 2.59. The second-order valence-electron chi connectivity index (χ2n) is 6.29. The molecule has 0 unspecified atom stereocenters. The van der Waals surface area contributed by atoms with Gasteiger partial charge in [-0.3, -0.25) is 0 Å². The molecule has 1 aromatic carbocycles. The minimum Gasteiger partial charge on any atom is -0.379 e. The summed E-state index contributed by atoms with van der Waals surface area (Å²) in [6, 6.07) is 11.1. The monoisotopic (exact) mass is 266 g/mol. The molecule has 0 spiro atoms. The molecule has 1 aliphatic heterocycles. The van der Waals surface area contributed by atoms with Crippen LogP contribution in [-0.2, 0) is 17.2 Å². The summed E-state index contributed by atoms with van der Waals surface area (Å²) in [6.07, 6.45) is 5.40. The topological polar surface area (TPSA) is 38.0 Å². The van der Waals surface area contributed by atoms with Gasteiger partial charge >= 0.3 is 0 Å². The Morgan fingerprint density at radius 1 is 1.25 bits per heavy atom.